The van der Waals surface area contributed by atoms with Gasteiger partial charge in [-0.15, -0.1) is 0 Å². The minimum Gasteiger partial charge on any atom is -0.389 e. The fourth-order valence-corrected chi connectivity index (χ4v) is 2.13. The number of nitrogens with one attached hydrogen (secondary N) is 1. The predicted molar refractivity (Wildman–Crippen MR) is 85.0 cm³/mol. The maximum Gasteiger partial charge on any atom is 0.317 e. The van der Waals surface area contributed by atoms with E-state index in [1.54, 1.807) is 33.0 Å². The summed E-state index contributed by atoms with van der Waals surface area (Å²) in [6.07, 6.45) is 0. The first-order valence-electron chi connectivity index (χ1n) is 7.22. The van der Waals surface area contributed by atoms with E-state index in [1.807, 2.05) is 19.0 Å². The molecule has 0 bridgehead atoms. The lowest BCUT2D eigenvalue weighted by molar-refractivity contribution is 0.0531. The first-order valence-corrected chi connectivity index (χ1v) is 7.22. The number of carbonyl (C=O) groups excluding carboxylic acids is 1. The average molecular weight is 311 g/mol. The number of nitrogens with zero attached hydrogens (tertiary/aromatic N) is 2. The summed E-state index contributed by atoms with van der Waals surface area (Å²) in [6.45, 7) is 4.27. The number of halogens is 1. The molecule has 124 valence electrons. The van der Waals surface area contributed by atoms with E-state index in [0.29, 0.717) is 17.7 Å². The summed E-state index contributed by atoms with van der Waals surface area (Å²) in [5.41, 5.74) is 0.371. The Hall–Kier alpha value is -1.66. The van der Waals surface area contributed by atoms with Crippen LogP contribution in [0.3, 0.4) is 0 Å². The van der Waals surface area contributed by atoms with Gasteiger partial charge < -0.3 is 20.2 Å². The molecule has 22 heavy (non-hydrogen) atoms. The summed E-state index contributed by atoms with van der Waals surface area (Å²) in [4.78, 5) is 15.2. The van der Waals surface area contributed by atoms with E-state index in [4.69, 9.17) is 0 Å². The maximum atomic E-state index is 13.9. The molecule has 5 nitrogen and oxygen atoms in total. The summed E-state index contributed by atoms with van der Waals surface area (Å²) < 4.78 is 13.9. The van der Waals surface area contributed by atoms with Crippen molar-refractivity contribution in [3.8, 4) is 0 Å². The summed E-state index contributed by atoms with van der Waals surface area (Å²) in [5.74, 6) is -0.273. The van der Waals surface area contributed by atoms with Gasteiger partial charge in [-0.2, -0.15) is 0 Å². The van der Waals surface area contributed by atoms with Gasteiger partial charge in [-0.1, -0.05) is 12.1 Å². The van der Waals surface area contributed by atoms with Gasteiger partial charge in [0.25, 0.3) is 0 Å². The van der Waals surface area contributed by atoms with Gasteiger partial charge in [-0.05, 0) is 39.6 Å². The third-order valence-electron chi connectivity index (χ3n) is 3.02. The van der Waals surface area contributed by atoms with Crippen LogP contribution in [0, 0.1) is 5.82 Å². The van der Waals surface area contributed by atoms with E-state index >= 15 is 0 Å². The van der Waals surface area contributed by atoms with Crippen molar-refractivity contribution in [1.29, 1.82) is 0 Å². The van der Waals surface area contributed by atoms with E-state index < -0.39 is 5.60 Å². The van der Waals surface area contributed by atoms with Crippen LogP contribution in [0.4, 0.5) is 9.18 Å². The molecule has 1 aromatic rings. The largest absolute Gasteiger partial charge is 0.389 e. The van der Waals surface area contributed by atoms with Crippen LogP contribution in [0.25, 0.3) is 0 Å². The van der Waals surface area contributed by atoms with Gasteiger partial charge >= 0.3 is 6.03 Å². The third kappa shape index (κ3) is 6.41. The van der Waals surface area contributed by atoms with Crippen molar-refractivity contribution >= 4 is 6.03 Å². The normalized spacial score (nSPS) is 11.6. The van der Waals surface area contributed by atoms with Crippen LogP contribution in [0.5, 0.6) is 0 Å². The third-order valence-corrected chi connectivity index (χ3v) is 3.02. The lowest BCUT2D eigenvalue weighted by Crippen LogP contribution is -2.44. The Kier molecular flexibility index (Phi) is 6.32. The van der Waals surface area contributed by atoms with Crippen molar-refractivity contribution in [3.05, 3.63) is 35.1 Å². The van der Waals surface area contributed by atoms with Gasteiger partial charge in [0.05, 0.1) is 12.1 Å². The number of carbonyl (C=O) groups is 1. The maximum absolute atomic E-state index is 13.9. The van der Waals surface area contributed by atoms with E-state index in [2.05, 4.69) is 5.32 Å². The van der Waals surface area contributed by atoms with Crippen LogP contribution in [0.2, 0.25) is 0 Å². The molecule has 0 aliphatic carbocycles. The first-order chi connectivity index (χ1) is 10.1. The van der Waals surface area contributed by atoms with E-state index in [-0.39, 0.29) is 24.9 Å². The molecule has 0 unspecified atom stereocenters. The number of urea groups is 1. The molecular weight excluding hydrogens is 285 g/mol. The molecule has 0 atom stereocenters. The molecule has 0 spiro atoms. The number of amides is 2. The SMILES string of the molecule is CN(C)Cc1ccc(CNC(=O)N(C)CC(C)(C)O)cc1F. The van der Waals surface area contributed by atoms with Crippen molar-refractivity contribution in [1.82, 2.24) is 15.1 Å². The minimum absolute atomic E-state index is 0.217. The smallest absolute Gasteiger partial charge is 0.317 e. The fourth-order valence-electron chi connectivity index (χ4n) is 2.13. The number of rotatable bonds is 6. The lowest BCUT2D eigenvalue weighted by Gasteiger charge is -2.25. The molecular formula is C16H26FN3O2. The Morgan fingerprint density at radius 3 is 2.45 bits per heavy atom. The number of aliphatic hydroxyl groups is 1. The number of benzene rings is 1. The molecule has 0 aliphatic rings. The zero-order chi connectivity index (χ0) is 16.9. The molecule has 6 heteroatoms. The minimum atomic E-state index is -0.952. The summed E-state index contributed by atoms with van der Waals surface area (Å²) in [7, 11) is 5.37. The van der Waals surface area contributed by atoms with Gasteiger partial charge in [-0.3, -0.25) is 0 Å². The molecule has 2 N–H and O–H groups in total. The molecule has 0 aromatic heterocycles. The van der Waals surface area contributed by atoms with E-state index in [0.717, 1.165) is 0 Å². The molecule has 1 rings (SSSR count). The van der Waals surface area contributed by atoms with Gasteiger partial charge in [-0.25, -0.2) is 9.18 Å². The van der Waals surface area contributed by atoms with Crippen LogP contribution in [-0.2, 0) is 13.1 Å². The van der Waals surface area contributed by atoms with Crippen LogP contribution in [0.1, 0.15) is 25.0 Å². The zero-order valence-corrected chi connectivity index (χ0v) is 14.0. The molecule has 1 aromatic carbocycles. The van der Waals surface area contributed by atoms with Crippen molar-refractivity contribution < 1.29 is 14.3 Å². The molecule has 0 radical (unpaired) electrons. The topological polar surface area (TPSA) is 55.8 Å². The van der Waals surface area contributed by atoms with E-state index in [9.17, 15) is 14.3 Å². The predicted octanol–water partition coefficient (Wildman–Crippen LogP) is 1.80. The monoisotopic (exact) mass is 311 g/mol. The van der Waals surface area contributed by atoms with Crippen molar-refractivity contribution in [2.75, 3.05) is 27.7 Å². The Bertz CT molecular complexity index is 513. The van der Waals surface area contributed by atoms with Gasteiger partial charge in [0, 0.05) is 25.7 Å². The van der Waals surface area contributed by atoms with Gasteiger partial charge in [0.2, 0.25) is 0 Å². The standard InChI is InChI=1S/C16H26FN3O2/c1-16(2,22)11-20(5)15(21)18-9-12-6-7-13(10-19(3)4)14(17)8-12/h6-8,22H,9-11H2,1-5H3,(H,18,21). The second kappa shape index (κ2) is 7.56. The van der Waals surface area contributed by atoms with Crippen molar-refractivity contribution in [3.63, 3.8) is 0 Å². The first kappa shape index (κ1) is 18.4. The quantitative estimate of drug-likeness (QED) is 0.842. The second-order valence-electron chi connectivity index (χ2n) is 6.49. The Morgan fingerprint density at radius 2 is 1.95 bits per heavy atom. The van der Waals surface area contributed by atoms with E-state index in [1.165, 1.54) is 11.0 Å². The van der Waals surface area contributed by atoms with Crippen molar-refractivity contribution in [2.45, 2.75) is 32.5 Å². The molecule has 0 saturated heterocycles. The van der Waals surface area contributed by atoms with Crippen LogP contribution in [0.15, 0.2) is 18.2 Å². The summed E-state index contributed by atoms with van der Waals surface area (Å²) in [6, 6.07) is 4.67. The Labute approximate surface area is 131 Å². The van der Waals surface area contributed by atoms with Gasteiger partial charge in [0.15, 0.2) is 0 Å². The fraction of sp³-hybridized carbons (Fsp3) is 0.562. The summed E-state index contributed by atoms with van der Waals surface area (Å²) in [5, 5.41) is 12.4. The molecule has 0 aliphatic heterocycles. The second-order valence-corrected chi connectivity index (χ2v) is 6.49. The highest BCUT2D eigenvalue weighted by Crippen LogP contribution is 2.12. The molecule has 0 fully saturated rings. The van der Waals surface area contributed by atoms with Crippen LogP contribution >= 0.6 is 0 Å². The van der Waals surface area contributed by atoms with Crippen LogP contribution in [-0.4, -0.2) is 54.2 Å². The number of likely N-dealkylation sites (N-methyl/N-ethyl adjacent to an activating group) is 1. The highest BCUT2D eigenvalue weighted by atomic mass is 19.1. The Morgan fingerprint density at radius 1 is 1.32 bits per heavy atom. The zero-order valence-electron chi connectivity index (χ0n) is 14.0. The van der Waals surface area contributed by atoms with Gasteiger partial charge in [0.1, 0.15) is 5.82 Å². The Balaban J connectivity index is 2.58. The average Bonchev–Trinajstić information content (AvgIpc) is 2.36. The molecule has 2 amide bonds. The summed E-state index contributed by atoms with van der Waals surface area (Å²) >= 11 is 0. The highest BCUT2D eigenvalue weighted by molar-refractivity contribution is 5.73. The van der Waals surface area contributed by atoms with Crippen molar-refractivity contribution in [2.24, 2.45) is 0 Å². The molecule has 0 saturated carbocycles. The molecule has 0 heterocycles. The van der Waals surface area contributed by atoms with Crippen LogP contribution < -0.4 is 5.32 Å². The number of hydrogen-bond donors (Lipinski definition) is 2. The lowest BCUT2D eigenvalue weighted by atomic mass is 10.1. The highest BCUT2D eigenvalue weighted by Gasteiger charge is 2.19. The number of hydrogen-bond acceptors (Lipinski definition) is 3.